The highest BCUT2D eigenvalue weighted by Gasteiger charge is 2.35. The molecule has 1 saturated heterocycles. The number of rotatable bonds is 5. The monoisotopic (exact) mass is 386 g/mol. The minimum absolute atomic E-state index is 0.0968. The Morgan fingerprint density at radius 3 is 2.70 bits per heavy atom. The Morgan fingerprint density at radius 2 is 2.00 bits per heavy atom. The minimum Gasteiger partial charge on any atom is -0.491 e. The van der Waals surface area contributed by atoms with Crippen molar-refractivity contribution in [3.63, 3.8) is 0 Å². The zero-order valence-corrected chi connectivity index (χ0v) is 16.3. The summed E-state index contributed by atoms with van der Waals surface area (Å²) < 4.78 is 29.0. The second-order valence-corrected chi connectivity index (χ2v) is 9.53. The van der Waals surface area contributed by atoms with Crippen molar-refractivity contribution in [2.75, 3.05) is 24.2 Å². The number of hydrogen-bond acceptors (Lipinski definition) is 6. The first-order chi connectivity index (χ1) is 12.8. The molecule has 0 amide bonds. The lowest BCUT2D eigenvalue weighted by Crippen LogP contribution is -2.54. The van der Waals surface area contributed by atoms with Crippen molar-refractivity contribution in [1.29, 1.82) is 0 Å². The Hall–Kier alpha value is -2.61. The van der Waals surface area contributed by atoms with Gasteiger partial charge in [-0.3, -0.25) is 5.10 Å². The van der Waals surface area contributed by atoms with Crippen molar-refractivity contribution in [3.8, 4) is 17.0 Å². The fourth-order valence-corrected chi connectivity index (χ4v) is 4.09. The predicted molar refractivity (Wildman–Crippen MR) is 106 cm³/mol. The van der Waals surface area contributed by atoms with Crippen LogP contribution < -0.4 is 9.64 Å². The third-order valence-electron chi connectivity index (χ3n) is 4.70. The van der Waals surface area contributed by atoms with Gasteiger partial charge in [-0.2, -0.15) is 5.10 Å². The van der Waals surface area contributed by atoms with E-state index in [1.54, 1.807) is 6.20 Å². The quantitative estimate of drug-likeness (QED) is 0.725. The van der Waals surface area contributed by atoms with Crippen LogP contribution in [0.1, 0.15) is 13.8 Å². The van der Waals surface area contributed by atoms with Crippen LogP contribution >= 0.6 is 0 Å². The molecular formula is C19H22N4O3S. The first-order valence-electron chi connectivity index (χ1n) is 8.86. The molecule has 1 aromatic carbocycles. The zero-order chi connectivity index (χ0) is 19.2. The fourth-order valence-electron chi connectivity index (χ4n) is 3.19. The van der Waals surface area contributed by atoms with Gasteiger partial charge < -0.3 is 9.64 Å². The number of anilines is 1. The minimum atomic E-state index is -3.00. The maximum atomic E-state index is 11.6. The van der Waals surface area contributed by atoms with Crippen LogP contribution in [0.5, 0.6) is 5.75 Å². The number of sulfone groups is 1. The molecule has 3 heterocycles. The molecule has 0 bridgehead atoms. The number of pyridine rings is 1. The second kappa shape index (κ2) is 6.53. The lowest BCUT2D eigenvalue weighted by atomic mass is 10.1. The molecule has 2 aromatic heterocycles. The van der Waals surface area contributed by atoms with Crippen LogP contribution in [-0.4, -0.2) is 54.3 Å². The molecule has 0 saturated carbocycles. The summed E-state index contributed by atoms with van der Waals surface area (Å²) in [5.74, 6) is 1.56. The van der Waals surface area contributed by atoms with E-state index in [9.17, 15) is 8.42 Å². The standard InChI is InChI=1S/C19H22N4O3S/c1-12(2)26-14-4-5-17-16(9-14)19(22-21-17)13-6-7-20-18(8-13)23-10-15(11-23)27(3,24)25/h4-9,12,15H,10-11H2,1-3H3,(H,21,22). The first-order valence-corrected chi connectivity index (χ1v) is 10.8. The van der Waals surface area contributed by atoms with Gasteiger partial charge in [0.05, 0.1) is 16.9 Å². The van der Waals surface area contributed by atoms with Crippen LogP contribution in [0.4, 0.5) is 5.82 Å². The zero-order valence-electron chi connectivity index (χ0n) is 15.5. The van der Waals surface area contributed by atoms with E-state index in [0.717, 1.165) is 33.7 Å². The van der Waals surface area contributed by atoms with E-state index in [4.69, 9.17) is 4.74 Å². The smallest absolute Gasteiger partial charge is 0.153 e. The third kappa shape index (κ3) is 3.49. The Bertz CT molecular complexity index is 1090. The lowest BCUT2D eigenvalue weighted by Gasteiger charge is -2.38. The van der Waals surface area contributed by atoms with Gasteiger partial charge in [0.15, 0.2) is 9.84 Å². The number of H-pyrrole nitrogens is 1. The van der Waals surface area contributed by atoms with Gasteiger partial charge in [-0.1, -0.05) is 0 Å². The van der Waals surface area contributed by atoms with E-state index in [-0.39, 0.29) is 11.4 Å². The van der Waals surface area contributed by atoms with Crippen molar-refractivity contribution in [1.82, 2.24) is 15.2 Å². The largest absolute Gasteiger partial charge is 0.491 e. The molecule has 142 valence electrons. The number of aromatic nitrogens is 3. The molecule has 0 radical (unpaired) electrons. The number of benzene rings is 1. The van der Waals surface area contributed by atoms with Gasteiger partial charge in [0.1, 0.15) is 17.3 Å². The average molecular weight is 386 g/mol. The summed E-state index contributed by atoms with van der Waals surface area (Å²) in [6.07, 6.45) is 3.11. The van der Waals surface area contributed by atoms with E-state index in [2.05, 4.69) is 15.2 Å². The summed E-state index contributed by atoms with van der Waals surface area (Å²) in [7, 11) is -3.00. The number of aromatic amines is 1. The maximum absolute atomic E-state index is 11.6. The molecular weight excluding hydrogens is 364 g/mol. The van der Waals surface area contributed by atoms with Crippen LogP contribution in [0.2, 0.25) is 0 Å². The first kappa shape index (κ1) is 17.8. The summed E-state index contributed by atoms with van der Waals surface area (Å²) >= 11 is 0. The Kier molecular flexibility index (Phi) is 4.30. The number of nitrogens with zero attached hydrogens (tertiary/aromatic N) is 3. The summed E-state index contributed by atoms with van der Waals surface area (Å²) in [5, 5.41) is 8.17. The van der Waals surface area contributed by atoms with Gasteiger partial charge in [0.25, 0.3) is 0 Å². The van der Waals surface area contributed by atoms with Crippen molar-refractivity contribution in [3.05, 3.63) is 36.5 Å². The molecule has 7 nitrogen and oxygen atoms in total. The van der Waals surface area contributed by atoms with E-state index in [1.165, 1.54) is 6.26 Å². The van der Waals surface area contributed by atoms with Gasteiger partial charge in [-0.15, -0.1) is 0 Å². The van der Waals surface area contributed by atoms with Gasteiger partial charge >= 0.3 is 0 Å². The molecule has 0 aliphatic carbocycles. The van der Waals surface area contributed by atoms with Crippen molar-refractivity contribution < 1.29 is 13.2 Å². The van der Waals surface area contributed by atoms with Crippen molar-refractivity contribution in [2.24, 2.45) is 0 Å². The Morgan fingerprint density at radius 1 is 1.22 bits per heavy atom. The van der Waals surface area contributed by atoms with Gasteiger partial charge in [-0.25, -0.2) is 13.4 Å². The second-order valence-electron chi connectivity index (χ2n) is 7.21. The summed E-state index contributed by atoms with van der Waals surface area (Å²) in [6, 6.07) is 9.72. The average Bonchev–Trinajstić information content (AvgIpc) is 2.95. The molecule has 1 aliphatic heterocycles. The maximum Gasteiger partial charge on any atom is 0.153 e. The summed E-state index contributed by atoms with van der Waals surface area (Å²) in [4.78, 5) is 6.36. The molecule has 1 fully saturated rings. The molecule has 0 atom stereocenters. The van der Waals surface area contributed by atoms with E-state index < -0.39 is 9.84 Å². The normalized spacial score (nSPS) is 15.3. The van der Waals surface area contributed by atoms with Gasteiger partial charge in [0, 0.05) is 36.5 Å². The van der Waals surface area contributed by atoms with Crippen LogP contribution in [0, 0.1) is 0 Å². The topological polar surface area (TPSA) is 88.2 Å². The van der Waals surface area contributed by atoms with Crippen molar-refractivity contribution >= 4 is 26.6 Å². The number of ether oxygens (including phenoxy) is 1. The summed E-state index contributed by atoms with van der Waals surface area (Å²) in [6.45, 7) is 4.94. The van der Waals surface area contributed by atoms with Crippen LogP contribution in [0.15, 0.2) is 36.5 Å². The molecule has 8 heteroatoms. The molecule has 3 aromatic rings. The molecule has 4 rings (SSSR count). The predicted octanol–water partition coefficient (Wildman–Crippen LogP) is 2.65. The number of hydrogen-bond donors (Lipinski definition) is 1. The fraction of sp³-hybridized carbons (Fsp3) is 0.368. The lowest BCUT2D eigenvalue weighted by molar-refractivity contribution is 0.243. The van der Waals surface area contributed by atoms with E-state index in [0.29, 0.717) is 13.1 Å². The molecule has 1 N–H and O–H groups in total. The molecule has 0 spiro atoms. The van der Waals surface area contributed by atoms with Crippen LogP contribution in [-0.2, 0) is 9.84 Å². The summed E-state index contributed by atoms with van der Waals surface area (Å²) in [5.41, 5.74) is 2.68. The van der Waals surface area contributed by atoms with Crippen LogP contribution in [0.3, 0.4) is 0 Å². The number of nitrogens with one attached hydrogen (secondary N) is 1. The van der Waals surface area contributed by atoms with Crippen LogP contribution in [0.25, 0.3) is 22.2 Å². The highest BCUT2D eigenvalue weighted by molar-refractivity contribution is 7.91. The third-order valence-corrected chi connectivity index (χ3v) is 6.21. The van der Waals surface area contributed by atoms with Gasteiger partial charge in [0.2, 0.25) is 0 Å². The van der Waals surface area contributed by atoms with Crippen molar-refractivity contribution in [2.45, 2.75) is 25.2 Å². The highest BCUT2D eigenvalue weighted by Crippen LogP contribution is 2.32. The van der Waals surface area contributed by atoms with E-state index >= 15 is 0 Å². The molecule has 27 heavy (non-hydrogen) atoms. The highest BCUT2D eigenvalue weighted by atomic mass is 32.2. The molecule has 1 aliphatic rings. The van der Waals surface area contributed by atoms with Gasteiger partial charge in [-0.05, 0) is 44.2 Å². The number of fused-ring (bicyclic) bond motifs is 1. The Balaban J connectivity index is 1.64. The Labute approximate surface area is 158 Å². The van der Waals surface area contributed by atoms with E-state index in [1.807, 2.05) is 49.1 Å². The SMILES string of the molecule is CC(C)Oc1ccc2[nH]nc(-c3ccnc(N4CC(S(C)(=O)=O)C4)c3)c2c1. The molecule has 0 unspecified atom stereocenters.